The second-order valence-corrected chi connectivity index (χ2v) is 8.49. The Morgan fingerprint density at radius 3 is 2.44 bits per heavy atom. The first-order valence-corrected chi connectivity index (χ1v) is 10.9. The molecule has 0 amide bonds. The van der Waals surface area contributed by atoms with Gasteiger partial charge in [0.25, 0.3) is 0 Å². The maximum atomic E-state index is 13.5. The van der Waals surface area contributed by atoms with Gasteiger partial charge in [0.05, 0.1) is 10.4 Å². The molecule has 5 aromatic rings. The molecule has 5 heteroatoms. The number of hydrogen-bond donors (Lipinski definition) is 0. The van der Waals surface area contributed by atoms with Crippen LogP contribution in [-0.4, -0.2) is 0 Å². The highest BCUT2D eigenvalue weighted by Crippen LogP contribution is 2.35. The molecule has 4 aromatic carbocycles. The number of benzene rings is 4. The van der Waals surface area contributed by atoms with E-state index in [4.69, 9.17) is 32.4 Å². The van der Waals surface area contributed by atoms with Crippen LogP contribution in [0, 0.1) is 6.92 Å². The highest BCUT2D eigenvalue weighted by molar-refractivity contribution is 6.38. The Morgan fingerprint density at radius 2 is 1.62 bits per heavy atom. The lowest BCUT2D eigenvalue weighted by Gasteiger charge is -2.14. The fourth-order valence-corrected chi connectivity index (χ4v) is 4.33. The van der Waals surface area contributed by atoms with Gasteiger partial charge >= 0.3 is 0 Å². The van der Waals surface area contributed by atoms with Crippen LogP contribution in [-0.2, 0) is 6.61 Å². The molecule has 0 bridgehead atoms. The average Bonchev–Trinajstić information content (AvgIpc) is 2.79. The van der Waals surface area contributed by atoms with E-state index in [9.17, 15) is 4.79 Å². The Morgan fingerprint density at radius 1 is 0.875 bits per heavy atom. The van der Waals surface area contributed by atoms with E-state index < -0.39 is 0 Å². The summed E-state index contributed by atoms with van der Waals surface area (Å²) in [5.41, 5.74) is 2.77. The molecule has 0 aliphatic rings. The molecular formula is C27H18Cl2O3. The lowest BCUT2D eigenvalue weighted by molar-refractivity contribution is 0.299. The third-order valence-corrected chi connectivity index (χ3v) is 5.93. The van der Waals surface area contributed by atoms with Crippen LogP contribution in [0.5, 0.6) is 5.75 Å². The summed E-state index contributed by atoms with van der Waals surface area (Å²) in [6, 6.07) is 24.9. The first kappa shape index (κ1) is 20.6. The van der Waals surface area contributed by atoms with Crippen molar-refractivity contribution in [2.45, 2.75) is 13.5 Å². The Labute approximate surface area is 194 Å². The van der Waals surface area contributed by atoms with Crippen LogP contribution in [0.2, 0.25) is 10.0 Å². The number of ether oxygens (including phenoxy) is 1. The number of rotatable bonds is 4. The average molecular weight is 461 g/mol. The summed E-state index contributed by atoms with van der Waals surface area (Å²) in [5, 5.41) is 3.10. The summed E-state index contributed by atoms with van der Waals surface area (Å²) >= 11 is 12.5. The topological polar surface area (TPSA) is 39.4 Å². The number of hydrogen-bond acceptors (Lipinski definition) is 3. The molecule has 0 aliphatic carbocycles. The molecule has 0 atom stereocenters. The lowest BCUT2D eigenvalue weighted by atomic mass is 10.1. The smallest absolute Gasteiger partial charge is 0.235 e. The minimum Gasteiger partial charge on any atom is -0.481 e. The van der Waals surface area contributed by atoms with E-state index in [1.807, 2.05) is 73.7 Å². The first-order valence-electron chi connectivity index (χ1n) is 10.1. The Hall–Kier alpha value is -3.27. The van der Waals surface area contributed by atoms with Crippen molar-refractivity contribution in [1.29, 1.82) is 0 Å². The molecule has 0 fully saturated rings. The van der Waals surface area contributed by atoms with Crippen molar-refractivity contribution in [3.8, 4) is 17.1 Å². The van der Waals surface area contributed by atoms with E-state index in [1.165, 1.54) is 0 Å². The molecular weight excluding hydrogens is 443 g/mol. The SMILES string of the molecule is Cc1ccc(-c2oc3c(Cl)cc(Cl)cc3c(=O)c2OCc2cccc3ccccc23)cc1. The van der Waals surface area contributed by atoms with Gasteiger partial charge in [-0.05, 0) is 35.4 Å². The van der Waals surface area contributed by atoms with Crippen LogP contribution in [0.1, 0.15) is 11.1 Å². The van der Waals surface area contributed by atoms with Crippen molar-refractivity contribution in [3.63, 3.8) is 0 Å². The van der Waals surface area contributed by atoms with Gasteiger partial charge in [-0.1, -0.05) is 95.5 Å². The minimum absolute atomic E-state index is 0.132. The zero-order valence-electron chi connectivity index (χ0n) is 17.2. The second-order valence-electron chi connectivity index (χ2n) is 7.65. The van der Waals surface area contributed by atoms with Crippen molar-refractivity contribution in [1.82, 2.24) is 0 Å². The summed E-state index contributed by atoms with van der Waals surface area (Å²) in [5.74, 6) is 0.472. The van der Waals surface area contributed by atoms with Crippen LogP contribution >= 0.6 is 23.2 Å². The maximum absolute atomic E-state index is 13.5. The summed E-state index contributed by atoms with van der Waals surface area (Å²) in [4.78, 5) is 13.5. The van der Waals surface area contributed by atoms with Crippen molar-refractivity contribution in [2.24, 2.45) is 0 Å². The molecule has 5 rings (SSSR count). The minimum atomic E-state index is -0.313. The van der Waals surface area contributed by atoms with Gasteiger partial charge in [-0.15, -0.1) is 0 Å². The van der Waals surface area contributed by atoms with E-state index in [1.54, 1.807) is 12.1 Å². The molecule has 0 saturated heterocycles. The number of fused-ring (bicyclic) bond motifs is 2. The van der Waals surface area contributed by atoms with Crippen LogP contribution in [0.3, 0.4) is 0 Å². The quantitative estimate of drug-likeness (QED) is 0.274. The molecule has 0 radical (unpaired) electrons. The van der Waals surface area contributed by atoms with Gasteiger partial charge in [0, 0.05) is 10.6 Å². The molecule has 158 valence electrons. The Bertz CT molecular complexity index is 1510. The van der Waals surface area contributed by atoms with Crippen molar-refractivity contribution >= 4 is 44.9 Å². The third kappa shape index (κ3) is 3.75. The van der Waals surface area contributed by atoms with Crippen LogP contribution in [0.15, 0.2) is 88.1 Å². The van der Waals surface area contributed by atoms with E-state index >= 15 is 0 Å². The van der Waals surface area contributed by atoms with E-state index in [0.29, 0.717) is 10.8 Å². The first-order chi connectivity index (χ1) is 15.5. The largest absolute Gasteiger partial charge is 0.481 e. The van der Waals surface area contributed by atoms with Gasteiger partial charge in [0.2, 0.25) is 11.2 Å². The molecule has 0 N–H and O–H groups in total. The summed E-state index contributed by atoms with van der Waals surface area (Å²) in [7, 11) is 0. The van der Waals surface area contributed by atoms with Crippen LogP contribution in [0.25, 0.3) is 33.1 Å². The summed E-state index contributed by atoms with van der Waals surface area (Å²) in [6.45, 7) is 2.21. The predicted octanol–water partition coefficient (Wildman–Crippen LogP) is 7.81. The van der Waals surface area contributed by atoms with Gasteiger partial charge in [0.1, 0.15) is 6.61 Å². The second kappa shape index (κ2) is 8.34. The highest BCUT2D eigenvalue weighted by Gasteiger charge is 2.20. The number of aryl methyl sites for hydroxylation is 1. The molecule has 0 saturated carbocycles. The monoisotopic (exact) mass is 460 g/mol. The standard InChI is InChI=1S/C27H18Cl2O3/c1-16-9-11-18(12-10-16)25-27(24(30)22-13-20(28)14-23(29)26(22)32-25)31-15-19-7-4-6-17-5-2-3-8-21(17)19/h2-14H,15H2,1H3. The van der Waals surface area contributed by atoms with Gasteiger partial charge < -0.3 is 9.15 Å². The molecule has 1 heterocycles. The number of halogens is 2. The molecule has 0 spiro atoms. The van der Waals surface area contributed by atoms with E-state index in [2.05, 4.69) is 0 Å². The van der Waals surface area contributed by atoms with Crippen LogP contribution < -0.4 is 10.2 Å². The van der Waals surface area contributed by atoms with Crippen molar-refractivity contribution < 1.29 is 9.15 Å². The maximum Gasteiger partial charge on any atom is 0.235 e. The van der Waals surface area contributed by atoms with Crippen molar-refractivity contribution in [2.75, 3.05) is 0 Å². The summed E-state index contributed by atoms with van der Waals surface area (Å²) < 4.78 is 12.3. The zero-order valence-corrected chi connectivity index (χ0v) is 18.7. The Balaban J connectivity index is 1.68. The lowest BCUT2D eigenvalue weighted by Crippen LogP contribution is -2.10. The fraction of sp³-hybridized carbons (Fsp3) is 0.0741. The molecule has 0 aliphatic heterocycles. The molecule has 1 aromatic heterocycles. The third-order valence-electron chi connectivity index (χ3n) is 5.44. The van der Waals surface area contributed by atoms with E-state index in [0.717, 1.165) is 27.5 Å². The van der Waals surface area contributed by atoms with Crippen molar-refractivity contribution in [3.05, 3.63) is 110 Å². The highest BCUT2D eigenvalue weighted by atomic mass is 35.5. The van der Waals surface area contributed by atoms with Gasteiger partial charge in [-0.25, -0.2) is 0 Å². The van der Waals surface area contributed by atoms with Crippen LogP contribution in [0.4, 0.5) is 0 Å². The van der Waals surface area contributed by atoms with Gasteiger partial charge in [-0.2, -0.15) is 0 Å². The van der Waals surface area contributed by atoms with Gasteiger partial charge in [0.15, 0.2) is 11.3 Å². The molecule has 0 unspecified atom stereocenters. The fourth-order valence-electron chi connectivity index (χ4n) is 3.80. The molecule has 32 heavy (non-hydrogen) atoms. The summed E-state index contributed by atoms with van der Waals surface area (Å²) in [6.07, 6.45) is 0. The normalized spacial score (nSPS) is 11.2. The molecule has 3 nitrogen and oxygen atoms in total. The Kier molecular flexibility index (Phi) is 5.38. The predicted molar refractivity (Wildman–Crippen MR) is 131 cm³/mol. The van der Waals surface area contributed by atoms with E-state index in [-0.39, 0.29) is 33.8 Å². The zero-order chi connectivity index (χ0) is 22.2. The van der Waals surface area contributed by atoms with Gasteiger partial charge in [-0.3, -0.25) is 4.79 Å².